The fourth-order valence-electron chi connectivity index (χ4n) is 4.67. The molecule has 1 aromatic heterocycles. The molecule has 4 heteroatoms. The first-order chi connectivity index (χ1) is 14.6. The summed E-state index contributed by atoms with van der Waals surface area (Å²) in [6.45, 7) is 5.58. The number of fused-ring (bicyclic) bond motifs is 1. The van der Waals surface area contributed by atoms with Crippen LogP contribution in [-0.4, -0.2) is 22.0 Å². The predicted octanol–water partition coefficient (Wildman–Crippen LogP) is 5.22. The number of imidazole rings is 1. The third-order valence-electron chi connectivity index (χ3n) is 6.07. The fourth-order valence-corrected chi connectivity index (χ4v) is 4.67. The molecule has 0 spiro atoms. The fraction of sp³-hybridized carbons (Fsp3) is 0.231. The maximum Gasteiger partial charge on any atom is 0.227 e. The normalized spacial score (nSPS) is 16.5. The molecule has 1 fully saturated rings. The van der Waals surface area contributed by atoms with Gasteiger partial charge in [0.25, 0.3) is 0 Å². The summed E-state index contributed by atoms with van der Waals surface area (Å²) in [5.74, 6) is 1.26. The summed E-state index contributed by atoms with van der Waals surface area (Å²) in [6, 6.07) is 24.9. The summed E-state index contributed by atoms with van der Waals surface area (Å²) >= 11 is 0. The Morgan fingerprint density at radius 1 is 0.900 bits per heavy atom. The average molecular weight is 396 g/mol. The van der Waals surface area contributed by atoms with Crippen LogP contribution in [0.4, 0.5) is 5.69 Å². The van der Waals surface area contributed by atoms with E-state index < -0.39 is 0 Å². The average Bonchev–Trinajstić information content (AvgIpc) is 3.30. The van der Waals surface area contributed by atoms with Crippen molar-refractivity contribution in [2.24, 2.45) is 0 Å². The number of carbonyl (C=O) groups excluding carboxylic acids is 1. The zero-order valence-corrected chi connectivity index (χ0v) is 17.4. The number of aryl methyl sites for hydroxylation is 2. The molecule has 4 nitrogen and oxygen atoms in total. The number of anilines is 1. The topological polar surface area (TPSA) is 38.1 Å². The molecule has 1 saturated heterocycles. The van der Waals surface area contributed by atoms with Gasteiger partial charge in [0.15, 0.2) is 0 Å². The second kappa shape index (κ2) is 7.45. The highest BCUT2D eigenvalue weighted by molar-refractivity contribution is 5.98. The molecule has 1 aliphatic rings. The van der Waals surface area contributed by atoms with Gasteiger partial charge in [-0.05, 0) is 42.7 Å². The van der Waals surface area contributed by atoms with E-state index in [0.717, 1.165) is 40.2 Å². The van der Waals surface area contributed by atoms with Crippen molar-refractivity contribution in [3.63, 3.8) is 0 Å². The lowest BCUT2D eigenvalue weighted by Crippen LogP contribution is -2.26. The van der Waals surface area contributed by atoms with Crippen molar-refractivity contribution in [3.8, 4) is 0 Å². The van der Waals surface area contributed by atoms with Gasteiger partial charge in [-0.15, -0.1) is 0 Å². The molecule has 1 atom stereocenters. The number of para-hydroxylation sites is 3. The Kier molecular flexibility index (Phi) is 4.62. The van der Waals surface area contributed by atoms with Crippen LogP contribution < -0.4 is 4.90 Å². The summed E-state index contributed by atoms with van der Waals surface area (Å²) in [6.07, 6.45) is 0.492. The highest BCUT2D eigenvalue weighted by Gasteiger charge is 2.35. The van der Waals surface area contributed by atoms with Crippen molar-refractivity contribution >= 4 is 22.6 Å². The Labute approximate surface area is 176 Å². The largest absolute Gasteiger partial charge is 0.323 e. The van der Waals surface area contributed by atoms with Gasteiger partial charge < -0.3 is 9.47 Å². The molecule has 0 bridgehead atoms. The monoisotopic (exact) mass is 395 g/mol. The predicted molar refractivity (Wildman–Crippen MR) is 121 cm³/mol. The third-order valence-corrected chi connectivity index (χ3v) is 6.07. The summed E-state index contributed by atoms with van der Waals surface area (Å²) in [4.78, 5) is 20.0. The lowest BCUT2D eigenvalue weighted by molar-refractivity contribution is -0.117. The van der Waals surface area contributed by atoms with E-state index in [4.69, 9.17) is 4.98 Å². The van der Waals surface area contributed by atoms with E-state index in [-0.39, 0.29) is 11.8 Å². The van der Waals surface area contributed by atoms with E-state index in [0.29, 0.717) is 13.0 Å². The Balaban J connectivity index is 1.55. The second-order valence-corrected chi connectivity index (χ2v) is 8.18. The molecule has 0 unspecified atom stereocenters. The van der Waals surface area contributed by atoms with Gasteiger partial charge >= 0.3 is 0 Å². The molecular weight excluding hydrogens is 370 g/mol. The highest BCUT2D eigenvalue weighted by Crippen LogP contribution is 2.36. The van der Waals surface area contributed by atoms with Gasteiger partial charge in [-0.1, -0.05) is 60.7 Å². The first kappa shape index (κ1) is 18.6. The Morgan fingerprint density at radius 2 is 1.60 bits per heavy atom. The number of benzene rings is 3. The van der Waals surface area contributed by atoms with Gasteiger partial charge in [0.2, 0.25) is 5.91 Å². The van der Waals surface area contributed by atoms with Crippen LogP contribution in [0, 0.1) is 13.8 Å². The van der Waals surface area contributed by atoms with E-state index in [1.807, 2.05) is 23.1 Å². The number of rotatable bonds is 4. The highest BCUT2D eigenvalue weighted by atomic mass is 16.2. The van der Waals surface area contributed by atoms with E-state index in [9.17, 15) is 4.79 Å². The molecule has 0 aliphatic carbocycles. The van der Waals surface area contributed by atoms with Gasteiger partial charge in [0.05, 0.1) is 11.0 Å². The molecule has 4 aromatic rings. The first-order valence-corrected chi connectivity index (χ1v) is 10.5. The van der Waals surface area contributed by atoms with E-state index in [1.165, 1.54) is 5.56 Å². The van der Waals surface area contributed by atoms with Crippen LogP contribution in [0.25, 0.3) is 11.0 Å². The molecule has 2 heterocycles. The van der Waals surface area contributed by atoms with Crippen molar-refractivity contribution in [3.05, 3.63) is 95.3 Å². The minimum absolute atomic E-state index is 0.0765. The number of nitrogens with zero attached hydrogens (tertiary/aromatic N) is 3. The zero-order valence-electron chi connectivity index (χ0n) is 17.4. The minimum Gasteiger partial charge on any atom is -0.323 e. The van der Waals surface area contributed by atoms with Gasteiger partial charge in [0.1, 0.15) is 5.82 Å². The van der Waals surface area contributed by atoms with Crippen LogP contribution >= 0.6 is 0 Å². The molecule has 0 radical (unpaired) electrons. The molecule has 5 rings (SSSR count). The van der Waals surface area contributed by atoms with Crippen molar-refractivity contribution in [1.82, 2.24) is 9.55 Å². The van der Waals surface area contributed by atoms with Gasteiger partial charge in [-0.2, -0.15) is 0 Å². The van der Waals surface area contributed by atoms with Gasteiger partial charge in [-0.25, -0.2) is 4.98 Å². The number of hydrogen-bond acceptors (Lipinski definition) is 2. The molecule has 0 saturated carbocycles. The van der Waals surface area contributed by atoms with Crippen LogP contribution in [0.5, 0.6) is 0 Å². The molecule has 1 amide bonds. The number of hydrogen-bond donors (Lipinski definition) is 0. The lowest BCUT2D eigenvalue weighted by atomic mass is 10.1. The maximum absolute atomic E-state index is 13.0. The Morgan fingerprint density at radius 3 is 2.37 bits per heavy atom. The van der Waals surface area contributed by atoms with Crippen molar-refractivity contribution in [2.45, 2.75) is 32.7 Å². The second-order valence-electron chi connectivity index (χ2n) is 8.18. The molecule has 30 heavy (non-hydrogen) atoms. The van der Waals surface area contributed by atoms with Crippen molar-refractivity contribution < 1.29 is 4.79 Å². The van der Waals surface area contributed by atoms with Crippen LogP contribution in [0.1, 0.15) is 34.9 Å². The number of carbonyl (C=O) groups is 1. The van der Waals surface area contributed by atoms with Crippen LogP contribution in [0.3, 0.4) is 0 Å². The van der Waals surface area contributed by atoms with E-state index >= 15 is 0 Å². The molecular formula is C26H25N3O. The smallest absolute Gasteiger partial charge is 0.227 e. The number of aromatic nitrogens is 2. The summed E-state index contributed by atoms with van der Waals surface area (Å²) < 4.78 is 2.29. The SMILES string of the molecule is Cc1cccc(C)c1N1C[C@H](c2nc3ccccc3n2Cc2ccccc2)CC1=O. The van der Waals surface area contributed by atoms with Crippen LogP contribution in [-0.2, 0) is 11.3 Å². The Bertz CT molecular complexity index is 1210. The van der Waals surface area contributed by atoms with Crippen LogP contribution in [0.15, 0.2) is 72.8 Å². The molecule has 1 aliphatic heterocycles. The van der Waals surface area contributed by atoms with Crippen molar-refractivity contribution in [2.75, 3.05) is 11.4 Å². The summed E-state index contributed by atoms with van der Waals surface area (Å²) in [5.41, 5.74) is 6.67. The van der Waals surface area contributed by atoms with Crippen molar-refractivity contribution in [1.29, 1.82) is 0 Å². The van der Waals surface area contributed by atoms with Gasteiger partial charge in [-0.3, -0.25) is 4.79 Å². The van der Waals surface area contributed by atoms with E-state index in [2.05, 4.69) is 73.0 Å². The lowest BCUT2D eigenvalue weighted by Gasteiger charge is -2.21. The van der Waals surface area contributed by atoms with Gasteiger partial charge in [0, 0.05) is 31.1 Å². The molecule has 150 valence electrons. The first-order valence-electron chi connectivity index (χ1n) is 10.5. The summed E-state index contributed by atoms with van der Waals surface area (Å²) in [7, 11) is 0. The van der Waals surface area contributed by atoms with Crippen LogP contribution in [0.2, 0.25) is 0 Å². The Hall–Kier alpha value is -3.40. The maximum atomic E-state index is 13.0. The molecule has 0 N–H and O–H groups in total. The zero-order chi connectivity index (χ0) is 20.7. The third kappa shape index (κ3) is 3.18. The van der Waals surface area contributed by atoms with E-state index in [1.54, 1.807) is 0 Å². The summed E-state index contributed by atoms with van der Waals surface area (Å²) in [5, 5.41) is 0. The number of amides is 1. The quantitative estimate of drug-likeness (QED) is 0.475. The standard InChI is InChI=1S/C26H25N3O/c1-18-9-8-10-19(2)25(18)29-17-21(15-24(29)30)26-27-22-13-6-7-14-23(22)28(26)16-20-11-4-3-5-12-20/h3-14,21H,15-17H2,1-2H3/t21-/m1/s1. The minimum atomic E-state index is 0.0765. The molecule has 3 aromatic carbocycles.